The summed E-state index contributed by atoms with van der Waals surface area (Å²) in [7, 11) is 1.73. The molecule has 3 rings (SSSR count). The van der Waals surface area contributed by atoms with E-state index in [-0.39, 0.29) is 0 Å². The van der Waals surface area contributed by atoms with Gasteiger partial charge in [0.2, 0.25) is 0 Å². The van der Waals surface area contributed by atoms with Crippen LogP contribution in [0.5, 0.6) is 5.75 Å². The van der Waals surface area contributed by atoms with Gasteiger partial charge in [-0.05, 0) is 60.8 Å². The smallest absolute Gasteiger partial charge is 0.119 e. The van der Waals surface area contributed by atoms with Gasteiger partial charge in [-0.2, -0.15) is 0 Å². The van der Waals surface area contributed by atoms with Crippen LogP contribution >= 0.6 is 0 Å². The highest BCUT2D eigenvalue weighted by molar-refractivity contribution is 5.96. The van der Waals surface area contributed by atoms with E-state index in [4.69, 9.17) is 4.74 Å². The number of nitrogens with zero attached hydrogens (tertiary/aromatic N) is 1. The summed E-state index contributed by atoms with van der Waals surface area (Å²) >= 11 is 0. The first-order valence-electron chi connectivity index (χ1n) is 6.48. The maximum atomic E-state index is 5.28. The molecule has 1 fully saturated rings. The van der Waals surface area contributed by atoms with Crippen LogP contribution in [0.2, 0.25) is 0 Å². The lowest BCUT2D eigenvalue weighted by Crippen LogP contribution is -2.32. The van der Waals surface area contributed by atoms with Crippen LogP contribution in [-0.4, -0.2) is 31.6 Å². The molecule has 2 nitrogen and oxygen atoms in total. The quantitative estimate of drug-likeness (QED) is 0.790. The Morgan fingerprint density at radius 1 is 1.18 bits per heavy atom. The Morgan fingerprint density at radius 2 is 2.00 bits per heavy atom. The molecule has 2 aliphatic rings. The summed E-state index contributed by atoms with van der Waals surface area (Å²) in [6, 6.07) is 6.34. The molecule has 0 atom stereocenters. The van der Waals surface area contributed by atoms with Crippen molar-refractivity contribution >= 4 is 11.6 Å². The van der Waals surface area contributed by atoms with Crippen molar-refractivity contribution < 1.29 is 4.74 Å². The summed E-state index contributed by atoms with van der Waals surface area (Å²) in [4.78, 5) is 2.57. The molecule has 1 aromatic carbocycles. The number of ether oxygens (including phenoxy) is 1. The highest BCUT2D eigenvalue weighted by Gasteiger charge is 2.20. The minimum Gasteiger partial charge on any atom is -0.497 e. The first-order valence-corrected chi connectivity index (χ1v) is 6.48. The van der Waals surface area contributed by atoms with Gasteiger partial charge in [-0.25, -0.2) is 0 Å². The zero-order chi connectivity index (χ0) is 11.7. The molecule has 0 saturated carbocycles. The van der Waals surface area contributed by atoms with Gasteiger partial charge in [0.25, 0.3) is 0 Å². The SMILES string of the molecule is COc1ccc2c(c1)C(CN1CCCCC1)=C2. The normalized spacial score (nSPS) is 19.2. The Morgan fingerprint density at radius 3 is 2.76 bits per heavy atom. The van der Waals surface area contributed by atoms with Crippen molar-refractivity contribution in [2.75, 3.05) is 26.7 Å². The van der Waals surface area contributed by atoms with Crippen LogP contribution < -0.4 is 4.74 Å². The average molecular weight is 229 g/mol. The third-order valence-electron chi connectivity index (χ3n) is 3.78. The summed E-state index contributed by atoms with van der Waals surface area (Å²) in [5.74, 6) is 0.966. The van der Waals surface area contributed by atoms with Crippen molar-refractivity contribution in [2.45, 2.75) is 19.3 Å². The summed E-state index contributed by atoms with van der Waals surface area (Å²) in [6.07, 6.45) is 6.43. The Labute approximate surface area is 103 Å². The predicted octanol–water partition coefficient (Wildman–Crippen LogP) is 3.04. The Hall–Kier alpha value is -1.28. The van der Waals surface area contributed by atoms with Crippen LogP contribution in [0.4, 0.5) is 0 Å². The fourth-order valence-corrected chi connectivity index (χ4v) is 2.74. The van der Waals surface area contributed by atoms with E-state index in [1.165, 1.54) is 49.1 Å². The number of hydrogen-bond donors (Lipinski definition) is 0. The van der Waals surface area contributed by atoms with Gasteiger partial charge in [-0.3, -0.25) is 4.90 Å². The molecule has 1 saturated heterocycles. The molecule has 17 heavy (non-hydrogen) atoms. The molecular weight excluding hydrogens is 210 g/mol. The molecule has 0 amide bonds. The van der Waals surface area contributed by atoms with Crippen molar-refractivity contribution in [1.29, 1.82) is 0 Å². The first-order chi connectivity index (χ1) is 8.36. The first kappa shape index (κ1) is 10.8. The second-order valence-corrected chi connectivity index (χ2v) is 4.96. The van der Waals surface area contributed by atoms with E-state index >= 15 is 0 Å². The number of fused-ring (bicyclic) bond motifs is 1. The molecule has 2 heteroatoms. The topological polar surface area (TPSA) is 12.5 Å². The van der Waals surface area contributed by atoms with E-state index in [1.54, 1.807) is 7.11 Å². The molecule has 0 spiro atoms. The molecule has 90 valence electrons. The van der Waals surface area contributed by atoms with E-state index in [0.29, 0.717) is 0 Å². The lowest BCUT2D eigenvalue weighted by molar-refractivity contribution is 0.255. The number of rotatable bonds is 3. The number of hydrogen-bond acceptors (Lipinski definition) is 2. The second kappa shape index (κ2) is 4.53. The fraction of sp³-hybridized carbons (Fsp3) is 0.467. The molecule has 1 aliphatic heterocycles. The maximum Gasteiger partial charge on any atom is 0.119 e. The van der Waals surface area contributed by atoms with Crippen molar-refractivity contribution in [3.8, 4) is 5.75 Å². The Kier molecular flexibility index (Phi) is 2.89. The lowest BCUT2D eigenvalue weighted by Gasteiger charge is -2.30. The van der Waals surface area contributed by atoms with Crippen LogP contribution in [0, 0.1) is 0 Å². The van der Waals surface area contributed by atoms with E-state index in [2.05, 4.69) is 23.1 Å². The molecule has 0 radical (unpaired) electrons. The van der Waals surface area contributed by atoms with Gasteiger partial charge in [0.05, 0.1) is 7.11 Å². The average Bonchev–Trinajstić information content (AvgIpc) is 2.37. The number of benzene rings is 1. The molecule has 0 unspecified atom stereocenters. The second-order valence-electron chi connectivity index (χ2n) is 4.96. The highest BCUT2D eigenvalue weighted by Crippen LogP contribution is 2.35. The summed E-state index contributed by atoms with van der Waals surface area (Å²) in [5.41, 5.74) is 4.22. The number of methoxy groups -OCH3 is 1. The standard InChI is InChI=1S/C15H19NO/c1-17-14-6-5-12-9-13(15(12)10-14)11-16-7-3-2-4-8-16/h5-6,9-10H,2-4,7-8,11H2,1H3. The van der Waals surface area contributed by atoms with E-state index < -0.39 is 0 Å². The lowest BCUT2D eigenvalue weighted by atomic mass is 9.87. The van der Waals surface area contributed by atoms with Crippen molar-refractivity contribution in [3.05, 3.63) is 29.3 Å². The van der Waals surface area contributed by atoms with Gasteiger partial charge in [0.15, 0.2) is 0 Å². The van der Waals surface area contributed by atoms with Gasteiger partial charge >= 0.3 is 0 Å². The number of likely N-dealkylation sites (tertiary alicyclic amines) is 1. The van der Waals surface area contributed by atoms with Crippen LogP contribution in [0.3, 0.4) is 0 Å². The van der Waals surface area contributed by atoms with Crippen molar-refractivity contribution in [1.82, 2.24) is 4.90 Å². The van der Waals surface area contributed by atoms with Gasteiger partial charge in [0.1, 0.15) is 5.75 Å². The minimum atomic E-state index is 0.966. The maximum absolute atomic E-state index is 5.28. The third kappa shape index (κ3) is 2.09. The van der Waals surface area contributed by atoms with Crippen LogP contribution in [0.1, 0.15) is 30.4 Å². The zero-order valence-electron chi connectivity index (χ0n) is 10.4. The Bertz CT molecular complexity index is 444. The van der Waals surface area contributed by atoms with Gasteiger partial charge in [-0.1, -0.05) is 12.5 Å². The largest absolute Gasteiger partial charge is 0.497 e. The van der Waals surface area contributed by atoms with Gasteiger partial charge < -0.3 is 4.74 Å². The molecule has 0 N–H and O–H groups in total. The van der Waals surface area contributed by atoms with Crippen LogP contribution in [0.15, 0.2) is 18.2 Å². The van der Waals surface area contributed by atoms with E-state index in [1.807, 2.05) is 6.07 Å². The molecule has 1 heterocycles. The summed E-state index contributed by atoms with van der Waals surface area (Å²) in [5, 5.41) is 0. The van der Waals surface area contributed by atoms with Gasteiger partial charge in [-0.15, -0.1) is 0 Å². The predicted molar refractivity (Wildman–Crippen MR) is 71.2 cm³/mol. The molecule has 0 aromatic heterocycles. The number of piperidine rings is 1. The summed E-state index contributed by atoms with van der Waals surface area (Å²) in [6.45, 7) is 3.63. The van der Waals surface area contributed by atoms with Crippen LogP contribution in [-0.2, 0) is 0 Å². The van der Waals surface area contributed by atoms with Crippen LogP contribution in [0.25, 0.3) is 11.6 Å². The van der Waals surface area contributed by atoms with Crippen molar-refractivity contribution in [2.24, 2.45) is 0 Å². The minimum absolute atomic E-state index is 0.966. The van der Waals surface area contributed by atoms with Gasteiger partial charge in [0, 0.05) is 6.54 Å². The highest BCUT2D eigenvalue weighted by atomic mass is 16.5. The molecule has 0 bridgehead atoms. The van der Waals surface area contributed by atoms with Crippen molar-refractivity contribution in [3.63, 3.8) is 0 Å². The zero-order valence-corrected chi connectivity index (χ0v) is 10.4. The fourth-order valence-electron chi connectivity index (χ4n) is 2.74. The molecule has 1 aromatic rings. The molecular formula is C15H19NO. The summed E-state index contributed by atoms with van der Waals surface area (Å²) < 4.78 is 5.28. The van der Waals surface area contributed by atoms with E-state index in [0.717, 1.165) is 12.3 Å². The third-order valence-corrected chi connectivity index (χ3v) is 3.78. The molecule has 1 aliphatic carbocycles. The Balaban J connectivity index is 1.69. The monoisotopic (exact) mass is 229 g/mol. The van der Waals surface area contributed by atoms with E-state index in [9.17, 15) is 0 Å².